The summed E-state index contributed by atoms with van der Waals surface area (Å²) in [6.07, 6.45) is 7.06. The monoisotopic (exact) mass is 899 g/mol. The van der Waals surface area contributed by atoms with Gasteiger partial charge in [-0.2, -0.15) is 0 Å². The van der Waals surface area contributed by atoms with E-state index in [9.17, 15) is 24.0 Å². The smallest absolute Gasteiger partial charge is 0.255 e. The Morgan fingerprint density at radius 1 is 0.939 bits per heavy atom. The molecule has 0 radical (unpaired) electrons. The maximum Gasteiger partial charge on any atom is 0.255 e. The van der Waals surface area contributed by atoms with E-state index in [2.05, 4.69) is 30.8 Å². The molecule has 7 rings (SSSR count). The maximum atomic E-state index is 13.2. The van der Waals surface area contributed by atoms with Crippen molar-refractivity contribution in [1.29, 1.82) is 10.8 Å². The molecule has 0 spiro atoms. The lowest BCUT2D eigenvalue weighted by molar-refractivity contribution is -0.137. The number of piperazine rings is 1. The molecule has 4 aromatic rings. The summed E-state index contributed by atoms with van der Waals surface area (Å²) < 4.78 is 11.8. The van der Waals surface area contributed by atoms with Gasteiger partial charge < -0.3 is 39.7 Å². The van der Waals surface area contributed by atoms with Crippen LogP contribution in [-0.2, 0) is 25.7 Å². The third-order valence-electron chi connectivity index (χ3n) is 12.0. The van der Waals surface area contributed by atoms with Gasteiger partial charge in [-0.25, -0.2) is 9.97 Å². The van der Waals surface area contributed by atoms with Crippen LogP contribution in [0.2, 0.25) is 0 Å². The van der Waals surface area contributed by atoms with E-state index in [1.54, 1.807) is 42.4 Å². The first-order valence-electron chi connectivity index (χ1n) is 22.4. The number of likely N-dealkylation sites (N-methyl/N-ethyl adjacent to an activating group) is 1. The molecule has 66 heavy (non-hydrogen) atoms. The van der Waals surface area contributed by atoms with Gasteiger partial charge in [0.25, 0.3) is 11.8 Å². The average Bonchev–Trinajstić information content (AvgIpc) is 3.67. The first-order chi connectivity index (χ1) is 31.9. The number of piperidine rings is 1. The Morgan fingerprint density at radius 3 is 2.50 bits per heavy atom. The Labute approximate surface area is 384 Å². The second-order valence-corrected chi connectivity index (χ2v) is 16.6. The number of carbonyl (C=O) groups excluding carboxylic acids is 5. The van der Waals surface area contributed by atoms with Gasteiger partial charge in [0.1, 0.15) is 36.3 Å². The molecule has 1 unspecified atom stereocenters. The summed E-state index contributed by atoms with van der Waals surface area (Å²) in [4.78, 5) is 78.2. The van der Waals surface area contributed by atoms with E-state index in [0.29, 0.717) is 74.9 Å². The standard InChI is InChI=1S/C48H57N11O7/c1-32(54-46(62)34-10-7-11-36(25-34)52-28-42(49)56(2)45(50)40-17-18-51-31-53-40)33-9-8-12-38(27-33)66-24-6-4-3-5-23-65-30-44(61)58-21-19-57(20-22-58)37-13-14-39-35(26-37)29-59(48(39)64)41-15-16-43(60)55-47(41)63/h7-14,17-18,25-27,31-32,41,49-50,52H,3-6,15-16,19-24,28-30H2,1-2H3,(H,54,62)(H,55,60,63)/t32-,41?/m1/s1. The zero-order chi connectivity index (χ0) is 46.6. The van der Waals surface area contributed by atoms with Crippen LogP contribution in [0, 0.1) is 10.8 Å². The highest BCUT2D eigenvalue weighted by Gasteiger charge is 2.39. The van der Waals surface area contributed by atoms with Crippen molar-refractivity contribution in [2.24, 2.45) is 0 Å². The molecule has 5 N–H and O–H groups in total. The molecule has 3 aromatic carbocycles. The molecule has 2 atom stereocenters. The zero-order valence-electron chi connectivity index (χ0n) is 37.4. The predicted molar refractivity (Wildman–Crippen MR) is 248 cm³/mol. The fourth-order valence-corrected chi connectivity index (χ4v) is 8.12. The Bertz CT molecular complexity index is 2420. The van der Waals surface area contributed by atoms with Crippen molar-refractivity contribution < 1.29 is 33.4 Å². The lowest BCUT2D eigenvalue weighted by atomic mass is 10.0. The summed E-state index contributed by atoms with van der Waals surface area (Å²) >= 11 is 0. The molecule has 2 saturated heterocycles. The van der Waals surface area contributed by atoms with Crippen LogP contribution in [0.4, 0.5) is 11.4 Å². The van der Waals surface area contributed by atoms with Crippen LogP contribution in [0.3, 0.4) is 0 Å². The molecule has 1 aromatic heterocycles. The molecule has 3 aliphatic heterocycles. The average molecular weight is 900 g/mol. The van der Waals surface area contributed by atoms with E-state index in [1.807, 2.05) is 60.4 Å². The number of ether oxygens (including phenoxy) is 2. The SMILES string of the molecule is C[C@@H](NC(=O)c1cccc(NCC(=N)N(C)C(=N)c2ccncn2)c1)c1cccc(OCCCCCCOCC(=O)N2CCN(c3ccc4c(c3)CN(C3CCC(=O)NC3=O)C4=O)CC2)c1. The number of anilines is 2. The predicted octanol–water partition coefficient (Wildman–Crippen LogP) is 4.38. The van der Waals surface area contributed by atoms with E-state index in [0.717, 1.165) is 48.2 Å². The summed E-state index contributed by atoms with van der Waals surface area (Å²) in [7, 11) is 1.63. The summed E-state index contributed by atoms with van der Waals surface area (Å²) in [5.74, 6) is -0.230. The summed E-state index contributed by atoms with van der Waals surface area (Å²) in [5.41, 5.74) is 4.87. The van der Waals surface area contributed by atoms with Crippen molar-refractivity contribution in [2.45, 2.75) is 64.1 Å². The zero-order valence-corrected chi connectivity index (χ0v) is 37.4. The van der Waals surface area contributed by atoms with Crippen LogP contribution in [0.25, 0.3) is 0 Å². The Hall–Kier alpha value is -7.21. The van der Waals surface area contributed by atoms with Crippen LogP contribution in [-0.4, -0.2) is 132 Å². The largest absolute Gasteiger partial charge is 0.494 e. The minimum atomic E-state index is -0.647. The summed E-state index contributed by atoms with van der Waals surface area (Å²) in [6, 6.07) is 21.2. The Morgan fingerprint density at radius 2 is 1.73 bits per heavy atom. The minimum Gasteiger partial charge on any atom is -0.494 e. The molecule has 0 saturated carbocycles. The summed E-state index contributed by atoms with van der Waals surface area (Å²) in [5, 5.41) is 25.3. The Balaban J connectivity index is 0.741. The van der Waals surface area contributed by atoms with Crippen LogP contribution in [0.1, 0.15) is 89.0 Å². The van der Waals surface area contributed by atoms with Crippen LogP contribution in [0.15, 0.2) is 85.3 Å². The molecule has 2 fully saturated rings. The lowest BCUT2D eigenvalue weighted by Crippen LogP contribution is -2.52. The number of carbonyl (C=O) groups is 5. The van der Waals surface area contributed by atoms with Crippen molar-refractivity contribution >= 4 is 52.6 Å². The van der Waals surface area contributed by atoms with Gasteiger partial charge in [-0.15, -0.1) is 0 Å². The van der Waals surface area contributed by atoms with Crippen molar-refractivity contribution in [2.75, 3.05) is 69.8 Å². The van der Waals surface area contributed by atoms with Gasteiger partial charge >= 0.3 is 0 Å². The van der Waals surface area contributed by atoms with Crippen molar-refractivity contribution in [3.8, 4) is 5.75 Å². The first-order valence-corrected chi connectivity index (χ1v) is 22.4. The van der Waals surface area contributed by atoms with Gasteiger partial charge in [0.15, 0.2) is 5.84 Å². The molecule has 5 amide bonds. The number of nitrogens with one attached hydrogen (secondary N) is 5. The highest BCUT2D eigenvalue weighted by molar-refractivity contribution is 6.07. The van der Waals surface area contributed by atoms with Crippen molar-refractivity contribution in [1.82, 2.24) is 35.3 Å². The molecule has 18 heteroatoms. The fraction of sp³-hybridized carbons (Fsp3) is 0.396. The van der Waals surface area contributed by atoms with Crippen LogP contribution >= 0.6 is 0 Å². The number of benzene rings is 3. The molecule has 4 heterocycles. The van der Waals surface area contributed by atoms with Crippen molar-refractivity contribution in [3.05, 3.63) is 113 Å². The van der Waals surface area contributed by atoms with E-state index in [1.165, 1.54) is 11.2 Å². The number of unbranched alkanes of at least 4 members (excludes halogenated alkanes) is 3. The van der Waals surface area contributed by atoms with Crippen molar-refractivity contribution in [3.63, 3.8) is 0 Å². The van der Waals surface area contributed by atoms with E-state index in [-0.39, 0.29) is 60.9 Å². The number of hydrogen-bond acceptors (Lipinski definition) is 13. The Kier molecular flexibility index (Phi) is 15.7. The third-order valence-corrected chi connectivity index (χ3v) is 12.0. The number of amides is 5. The normalized spacial score (nSPS) is 16.3. The van der Waals surface area contributed by atoms with Crippen LogP contribution < -0.4 is 25.6 Å². The van der Waals surface area contributed by atoms with Gasteiger partial charge in [-0.3, -0.25) is 40.1 Å². The van der Waals surface area contributed by atoms with Gasteiger partial charge in [0, 0.05) is 81.5 Å². The highest BCUT2D eigenvalue weighted by Crippen LogP contribution is 2.31. The van der Waals surface area contributed by atoms with Gasteiger partial charge in [0.2, 0.25) is 17.7 Å². The van der Waals surface area contributed by atoms with Gasteiger partial charge in [0.05, 0.1) is 19.2 Å². The van der Waals surface area contributed by atoms with Gasteiger partial charge in [-0.1, -0.05) is 24.6 Å². The molecule has 0 bridgehead atoms. The number of rotatable bonds is 19. The molecule has 18 nitrogen and oxygen atoms in total. The molecular weight excluding hydrogens is 843 g/mol. The van der Waals surface area contributed by atoms with Gasteiger partial charge in [-0.05, 0) is 98.3 Å². The fourth-order valence-electron chi connectivity index (χ4n) is 8.12. The third kappa shape index (κ3) is 11.9. The maximum absolute atomic E-state index is 13.2. The topological polar surface area (TPSA) is 226 Å². The lowest BCUT2D eigenvalue weighted by Gasteiger charge is -2.36. The van der Waals surface area contributed by atoms with E-state index >= 15 is 0 Å². The molecular formula is C48H57N11O7. The quantitative estimate of drug-likeness (QED) is 0.0383. The number of imide groups is 1. The number of nitrogens with zero attached hydrogens (tertiary/aromatic N) is 6. The molecule has 3 aliphatic rings. The van der Waals surface area contributed by atoms with E-state index in [4.69, 9.17) is 20.3 Å². The van der Waals surface area contributed by atoms with E-state index < -0.39 is 11.9 Å². The first kappa shape index (κ1) is 46.8. The van der Waals surface area contributed by atoms with Crippen LogP contribution in [0.5, 0.6) is 5.75 Å². The number of fused-ring (bicyclic) bond motifs is 1. The highest BCUT2D eigenvalue weighted by atomic mass is 16.5. The molecule has 0 aliphatic carbocycles. The minimum absolute atomic E-state index is 0.0292. The number of hydrogen-bond donors (Lipinski definition) is 5. The second-order valence-electron chi connectivity index (χ2n) is 16.6. The number of aromatic nitrogens is 2. The molecule has 346 valence electrons. The summed E-state index contributed by atoms with van der Waals surface area (Å²) in [6.45, 7) is 5.93. The second kappa shape index (κ2) is 22.1. The number of amidine groups is 2.